The molecule has 1 heterocycles. The summed E-state index contributed by atoms with van der Waals surface area (Å²) in [5.74, 6) is 8.01. The third-order valence-electron chi connectivity index (χ3n) is 3.65. The molecule has 0 atom stereocenters. The van der Waals surface area contributed by atoms with Crippen LogP contribution in [0.5, 0.6) is 11.5 Å². The second kappa shape index (κ2) is 6.90. The lowest BCUT2D eigenvalue weighted by molar-refractivity contribution is 0.355. The summed E-state index contributed by atoms with van der Waals surface area (Å²) >= 11 is 0. The number of nitriles is 1. The number of nitrogens with zero attached hydrogens (tertiary/aromatic N) is 3. The van der Waals surface area contributed by atoms with Gasteiger partial charge in [-0.15, -0.1) is 0 Å². The van der Waals surface area contributed by atoms with E-state index in [0.29, 0.717) is 28.6 Å². The summed E-state index contributed by atoms with van der Waals surface area (Å²) in [6.07, 6.45) is 0. The van der Waals surface area contributed by atoms with Gasteiger partial charge in [0.1, 0.15) is 11.5 Å². The Hall–Kier alpha value is -3.57. The molecule has 0 bridgehead atoms. The number of hydrogen-bond acceptors (Lipinski definition) is 5. The molecule has 0 saturated heterocycles. The van der Waals surface area contributed by atoms with Crippen molar-refractivity contribution in [1.82, 2.24) is 9.97 Å². The van der Waals surface area contributed by atoms with E-state index in [2.05, 4.69) is 27.9 Å². The molecular weight excluding hydrogens is 314 g/mol. The molecule has 0 aliphatic carbocycles. The summed E-state index contributed by atoms with van der Waals surface area (Å²) in [6.45, 7) is 1.82. The van der Waals surface area contributed by atoms with E-state index in [1.807, 2.05) is 31.2 Å². The Balaban J connectivity index is 2.12. The lowest BCUT2D eigenvalue weighted by Crippen LogP contribution is -1.97. The van der Waals surface area contributed by atoms with Gasteiger partial charge >= 0.3 is 0 Å². The molecule has 3 rings (SSSR count). The van der Waals surface area contributed by atoms with Crippen LogP contribution in [0.25, 0.3) is 10.9 Å². The highest BCUT2D eigenvalue weighted by Gasteiger charge is 2.11. The summed E-state index contributed by atoms with van der Waals surface area (Å²) in [5.41, 5.74) is 2.77. The Labute approximate surface area is 145 Å². The van der Waals surface area contributed by atoms with E-state index in [4.69, 9.17) is 14.7 Å². The van der Waals surface area contributed by atoms with Crippen LogP contribution in [0.1, 0.15) is 22.6 Å². The molecule has 5 heteroatoms. The second-order valence-corrected chi connectivity index (χ2v) is 5.28. The smallest absolute Gasteiger partial charge is 0.162 e. The van der Waals surface area contributed by atoms with Crippen molar-refractivity contribution in [3.05, 3.63) is 59.0 Å². The van der Waals surface area contributed by atoms with Crippen LogP contribution in [-0.4, -0.2) is 24.2 Å². The van der Waals surface area contributed by atoms with Crippen molar-refractivity contribution in [3.63, 3.8) is 0 Å². The van der Waals surface area contributed by atoms with Crippen molar-refractivity contribution in [3.8, 4) is 29.4 Å². The van der Waals surface area contributed by atoms with Crippen LogP contribution in [0.15, 0.2) is 36.4 Å². The van der Waals surface area contributed by atoms with E-state index in [9.17, 15) is 0 Å². The molecule has 0 radical (unpaired) electrons. The fourth-order valence-corrected chi connectivity index (χ4v) is 2.43. The normalized spacial score (nSPS) is 9.84. The maximum absolute atomic E-state index is 8.85. The van der Waals surface area contributed by atoms with Gasteiger partial charge in [0.25, 0.3) is 0 Å². The van der Waals surface area contributed by atoms with Gasteiger partial charge in [0.15, 0.2) is 11.5 Å². The van der Waals surface area contributed by atoms with Crippen LogP contribution in [0.4, 0.5) is 0 Å². The molecule has 0 fully saturated rings. The summed E-state index contributed by atoms with van der Waals surface area (Å²) in [4.78, 5) is 8.90. The molecule has 0 N–H and O–H groups in total. The van der Waals surface area contributed by atoms with Crippen LogP contribution in [0.2, 0.25) is 0 Å². The highest BCUT2D eigenvalue weighted by Crippen LogP contribution is 2.32. The molecule has 1 aromatic heterocycles. The van der Waals surface area contributed by atoms with E-state index in [-0.39, 0.29) is 0 Å². The quantitative estimate of drug-likeness (QED) is 0.675. The first-order valence-corrected chi connectivity index (χ1v) is 7.57. The highest BCUT2D eigenvalue weighted by atomic mass is 16.5. The Morgan fingerprint density at radius 2 is 1.52 bits per heavy atom. The zero-order valence-electron chi connectivity index (χ0n) is 14.1. The number of benzene rings is 2. The maximum atomic E-state index is 8.85. The average molecular weight is 329 g/mol. The van der Waals surface area contributed by atoms with E-state index >= 15 is 0 Å². The lowest BCUT2D eigenvalue weighted by atomic mass is 10.1. The highest BCUT2D eigenvalue weighted by molar-refractivity contribution is 5.87. The van der Waals surface area contributed by atoms with E-state index in [1.54, 1.807) is 26.4 Å². The maximum Gasteiger partial charge on any atom is 0.162 e. The van der Waals surface area contributed by atoms with Gasteiger partial charge in [0, 0.05) is 17.0 Å². The molecule has 0 spiro atoms. The zero-order chi connectivity index (χ0) is 17.8. The van der Waals surface area contributed by atoms with Gasteiger partial charge in [-0.25, -0.2) is 9.97 Å². The first-order valence-electron chi connectivity index (χ1n) is 7.57. The molecule has 5 nitrogen and oxygen atoms in total. The van der Waals surface area contributed by atoms with Crippen LogP contribution in [0, 0.1) is 30.1 Å². The summed E-state index contributed by atoms with van der Waals surface area (Å²) in [5, 5.41) is 9.65. The van der Waals surface area contributed by atoms with Gasteiger partial charge in [-0.1, -0.05) is 5.92 Å². The van der Waals surface area contributed by atoms with E-state index in [0.717, 1.165) is 16.5 Å². The Morgan fingerprint density at radius 3 is 2.16 bits per heavy atom. The molecule has 0 aliphatic heterocycles. The van der Waals surface area contributed by atoms with Gasteiger partial charge < -0.3 is 9.47 Å². The third-order valence-corrected chi connectivity index (χ3v) is 3.65. The van der Waals surface area contributed by atoms with Crippen molar-refractivity contribution < 1.29 is 9.47 Å². The van der Waals surface area contributed by atoms with Crippen LogP contribution in [0.3, 0.4) is 0 Å². The summed E-state index contributed by atoms with van der Waals surface area (Å²) in [7, 11) is 3.17. The van der Waals surface area contributed by atoms with Crippen molar-refractivity contribution in [2.75, 3.05) is 14.2 Å². The Bertz CT molecular complexity index is 1040. The lowest BCUT2D eigenvalue weighted by Gasteiger charge is -2.09. The molecule has 0 aliphatic rings. The molecule has 0 amide bonds. The van der Waals surface area contributed by atoms with Gasteiger partial charge in [0.05, 0.1) is 31.4 Å². The predicted octanol–water partition coefficient (Wildman–Crippen LogP) is 3.23. The molecule has 0 saturated carbocycles. The summed E-state index contributed by atoms with van der Waals surface area (Å²) in [6, 6.07) is 12.8. The SMILES string of the molecule is COc1cc2nc(C)nc(C#Cc3ccc(C#N)cc3)c2cc1OC. The van der Waals surface area contributed by atoms with Crippen molar-refractivity contribution in [1.29, 1.82) is 5.26 Å². The van der Waals surface area contributed by atoms with Crippen molar-refractivity contribution in [2.45, 2.75) is 6.92 Å². The molecular formula is C20H15N3O2. The molecule has 2 aromatic carbocycles. The number of aryl methyl sites for hydroxylation is 1. The molecule has 3 aromatic rings. The van der Waals surface area contributed by atoms with E-state index < -0.39 is 0 Å². The monoisotopic (exact) mass is 329 g/mol. The molecule has 25 heavy (non-hydrogen) atoms. The standard InChI is InChI=1S/C20H15N3O2/c1-13-22-17(9-8-14-4-6-15(12-21)7-5-14)16-10-19(24-2)20(25-3)11-18(16)23-13/h4-7,10-11H,1-3H3. The first-order chi connectivity index (χ1) is 12.1. The minimum Gasteiger partial charge on any atom is -0.493 e. The van der Waals surface area contributed by atoms with Crippen LogP contribution >= 0.6 is 0 Å². The van der Waals surface area contributed by atoms with Gasteiger partial charge in [0.2, 0.25) is 0 Å². The fraction of sp³-hybridized carbons (Fsp3) is 0.150. The molecule has 122 valence electrons. The van der Waals surface area contributed by atoms with Crippen molar-refractivity contribution in [2.24, 2.45) is 0 Å². The van der Waals surface area contributed by atoms with Gasteiger partial charge in [-0.2, -0.15) is 5.26 Å². The van der Waals surface area contributed by atoms with Crippen LogP contribution < -0.4 is 9.47 Å². The molecule has 0 unspecified atom stereocenters. The second-order valence-electron chi connectivity index (χ2n) is 5.28. The number of aromatic nitrogens is 2. The Kier molecular flexibility index (Phi) is 4.50. The van der Waals surface area contributed by atoms with Gasteiger partial charge in [-0.05, 0) is 43.2 Å². The average Bonchev–Trinajstić information content (AvgIpc) is 2.65. The summed E-state index contributed by atoms with van der Waals surface area (Å²) < 4.78 is 10.7. The number of ether oxygens (including phenoxy) is 2. The fourth-order valence-electron chi connectivity index (χ4n) is 2.43. The Morgan fingerprint density at radius 1 is 0.880 bits per heavy atom. The minimum atomic E-state index is 0.601. The van der Waals surface area contributed by atoms with Gasteiger partial charge in [-0.3, -0.25) is 0 Å². The van der Waals surface area contributed by atoms with Crippen LogP contribution in [-0.2, 0) is 0 Å². The van der Waals surface area contributed by atoms with E-state index in [1.165, 1.54) is 0 Å². The number of hydrogen-bond donors (Lipinski definition) is 0. The number of fused-ring (bicyclic) bond motifs is 1. The minimum absolute atomic E-state index is 0.601. The number of rotatable bonds is 2. The topological polar surface area (TPSA) is 68.0 Å². The number of methoxy groups -OCH3 is 2. The third kappa shape index (κ3) is 3.36. The largest absolute Gasteiger partial charge is 0.493 e. The predicted molar refractivity (Wildman–Crippen MR) is 94.5 cm³/mol. The zero-order valence-corrected chi connectivity index (χ0v) is 14.1. The first kappa shape index (κ1) is 16.3. The van der Waals surface area contributed by atoms with Crippen molar-refractivity contribution >= 4 is 10.9 Å².